The normalized spacial score (nSPS) is 22.2. The van der Waals surface area contributed by atoms with Crippen LogP contribution in [0.5, 0.6) is 5.75 Å². The van der Waals surface area contributed by atoms with Crippen LogP contribution in [-0.4, -0.2) is 54.5 Å². The molecule has 0 bridgehead atoms. The van der Waals surface area contributed by atoms with Gasteiger partial charge < -0.3 is 14.2 Å². The molecule has 7 nitrogen and oxygen atoms in total. The van der Waals surface area contributed by atoms with E-state index in [1.165, 1.54) is 7.11 Å². The quantitative estimate of drug-likeness (QED) is 0.741. The molecule has 8 heteroatoms. The van der Waals surface area contributed by atoms with E-state index >= 15 is 0 Å². The lowest BCUT2D eigenvalue weighted by molar-refractivity contribution is -0.146. The first-order chi connectivity index (χ1) is 14.5. The molecule has 1 aliphatic carbocycles. The Kier molecular flexibility index (Phi) is 4.69. The number of rotatable bonds is 5. The number of ether oxygens (including phenoxy) is 3. The van der Waals surface area contributed by atoms with E-state index in [1.54, 1.807) is 4.90 Å². The Morgan fingerprint density at radius 3 is 2.80 bits per heavy atom. The summed E-state index contributed by atoms with van der Waals surface area (Å²) in [5.74, 6) is 0.618. The van der Waals surface area contributed by atoms with Crippen LogP contribution in [0, 0.1) is 0 Å². The fourth-order valence-electron chi connectivity index (χ4n) is 4.20. The van der Waals surface area contributed by atoms with E-state index in [0.717, 1.165) is 48.1 Å². The molecule has 3 heterocycles. The van der Waals surface area contributed by atoms with Crippen LogP contribution in [0.2, 0.25) is 0 Å². The molecule has 0 N–H and O–H groups in total. The highest BCUT2D eigenvalue weighted by molar-refractivity contribution is 5.92. The van der Waals surface area contributed by atoms with Crippen molar-refractivity contribution in [3.8, 4) is 16.9 Å². The van der Waals surface area contributed by atoms with Crippen molar-refractivity contribution in [3.63, 3.8) is 0 Å². The average Bonchev–Trinajstić information content (AvgIpc) is 3.46. The molecule has 30 heavy (non-hydrogen) atoms. The van der Waals surface area contributed by atoms with Crippen molar-refractivity contribution in [2.24, 2.45) is 0 Å². The summed E-state index contributed by atoms with van der Waals surface area (Å²) < 4.78 is 32.8. The average molecular weight is 415 g/mol. The maximum absolute atomic E-state index is 14.6. The molecule has 1 amide bonds. The summed E-state index contributed by atoms with van der Waals surface area (Å²) in [6.45, 7) is 2.00. The SMILES string of the molecule is COC(=O)N1c2ccc(-c3cnn(C4CC4)c3)c(OCC3(F)COC3)c2CC[C@@H]1C. The van der Waals surface area contributed by atoms with Crippen LogP contribution in [-0.2, 0) is 15.9 Å². The maximum Gasteiger partial charge on any atom is 0.414 e. The number of fused-ring (bicyclic) bond motifs is 1. The molecular weight excluding hydrogens is 389 g/mol. The Morgan fingerprint density at radius 2 is 2.13 bits per heavy atom. The Labute approximate surface area is 174 Å². The number of aromatic nitrogens is 2. The number of alkyl halides is 1. The number of hydrogen-bond acceptors (Lipinski definition) is 5. The smallest absolute Gasteiger partial charge is 0.414 e. The van der Waals surface area contributed by atoms with Crippen LogP contribution in [0.1, 0.15) is 37.8 Å². The standard InChI is InChI=1S/C22H26FN3O4/c1-14-3-6-18-19(26(14)21(27)28-2)8-7-17(15-9-24-25(10-15)16-4-5-16)20(18)30-13-22(23)11-29-12-22/h7-10,14,16H,3-6,11-13H2,1-2H3/t14-/m0/s1. The van der Waals surface area contributed by atoms with Gasteiger partial charge in [0.15, 0.2) is 5.67 Å². The second kappa shape index (κ2) is 7.27. The number of halogens is 1. The summed E-state index contributed by atoms with van der Waals surface area (Å²) in [7, 11) is 1.38. The number of benzene rings is 1. The van der Waals surface area contributed by atoms with Gasteiger partial charge in [-0.25, -0.2) is 9.18 Å². The van der Waals surface area contributed by atoms with Crippen molar-refractivity contribution in [3.05, 3.63) is 30.1 Å². The first-order valence-electron chi connectivity index (χ1n) is 10.5. The van der Waals surface area contributed by atoms with Gasteiger partial charge in [0.25, 0.3) is 0 Å². The molecular formula is C22H26FN3O4. The molecule has 1 saturated carbocycles. The third-order valence-corrected chi connectivity index (χ3v) is 6.15. The minimum atomic E-state index is -1.47. The number of methoxy groups -OCH3 is 1. The van der Waals surface area contributed by atoms with Crippen molar-refractivity contribution < 1.29 is 23.4 Å². The monoisotopic (exact) mass is 415 g/mol. The predicted octanol–water partition coefficient (Wildman–Crippen LogP) is 3.91. The maximum atomic E-state index is 14.6. The number of hydrogen-bond donors (Lipinski definition) is 0. The van der Waals surface area contributed by atoms with Gasteiger partial charge in [0.1, 0.15) is 12.4 Å². The van der Waals surface area contributed by atoms with Gasteiger partial charge in [0.2, 0.25) is 0 Å². The van der Waals surface area contributed by atoms with Crippen molar-refractivity contribution in [2.45, 2.75) is 50.4 Å². The van der Waals surface area contributed by atoms with E-state index in [9.17, 15) is 9.18 Å². The highest BCUT2D eigenvalue weighted by Gasteiger charge is 2.41. The van der Waals surface area contributed by atoms with Crippen LogP contribution in [0.15, 0.2) is 24.5 Å². The molecule has 2 aromatic rings. The summed E-state index contributed by atoms with van der Waals surface area (Å²) in [5, 5.41) is 4.49. The Bertz CT molecular complexity index is 967. The molecule has 1 aromatic carbocycles. The van der Waals surface area contributed by atoms with Crippen LogP contribution >= 0.6 is 0 Å². The fraction of sp³-hybridized carbons (Fsp3) is 0.545. The minimum Gasteiger partial charge on any atom is -0.489 e. The van der Waals surface area contributed by atoms with Gasteiger partial charge in [-0.05, 0) is 44.7 Å². The van der Waals surface area contributed by atoms with E-state index in [1.807, 2.05) is 36.1 Å². The van der Waals surface area contributed by atoms with Gasteiger partial charge in [-0.2, -0.15) is 5.10 Å². The topological polar surface area (TPSA) is 65.8 Å². The molecule has 1 atom stereocenters. The second-order valence-electron chi connectivity index (χ2n) is 8.54. The van der Waals surface area contributed by atoms with Crippen LogP contribution in [0.25, 0.3) is 11.1 Å². The van der Waals surface area contributed by atoms with Crippen LogP contribution in [0.3, 0.4) is 0 Å². The molecule has 2 fully saturated rings. The van der Waals surface area contributed by atoms with Gasteiger partial charge in [0, 0.05) is 28.9 Å². The zero-order valence-electron chi connectivity index (χ0n) is 17.3. The minimum absolute atomic E-state index is 0.00816. The first kappa shape index (κ1) is 19.4. The van der Waals surface area contributed by atoms with Gasteiger partial charge in [-0.1, -0.05) is 0 Å². The highest BCUT2D eigenvalue weighted by atomic mass is 19.1. The zero-order chi connectivity index (χ0) is 20.9. The van der Waals surface area contributed by atoms with E-state index in [0.29, 0.717) is 11.8 Å². The van der Waals surface area contributed by atoms with Crippen molar-refractivity contribution in [1.82, 2.24) is 9.78 Å². The lowest BCUT2D eigenvalue weighted by Gasteiger charge is -2.37. The molecule has 0 unspecified atom stereocenters. The van der Waals surface area contributed by atoms with E-state index in [2.05, 4.69) is 5.10 Å². The first-order valence-corrected chi connectivity index (χ1v) is 10.5. The number of nitrogens with zero attached hydrogens (tertiary/aromatic N) is 3. The van der Waals surface area contributed by atoms with Crippen LogP contribution in [0.4, 0.5) is 14.9 Å². The largest absolute Gasteiger partial charge is 0.489 e. The van der Waals surface area contributed by atoms with Gasteiger partial charge in [0.05, 0.1) is 38.2 Å². The van der Waals surface area contributed by atoms with Gasteiger partial charge in [-0.3, -0.25) is 9.58 Å². The lowest BCUT2D eigenvalue weighted by Crippen LogP contribution is -2.50. The zero-order valence-corrected chi connectivity index (χ0v) is 17.3. The molecule has 160 valence electrons. The highest BCUT2D eigenvalue weighted by Crippen LogP contribution is 2.44. The molecule has 1 saturated heterocycles. The molecule has 0 spiro atoms. The molecule has 2 aliphatic heterocycles. The van der Waals surface area contributed by atoms with E-state index in [-0.39, 0.29) is 25.9 Å². The van der Waals surface area contributed by atoms with Crippen LogP contribution < -0.4 is 9.64 Å². The molecule has 1 aromatic heterocycles. The fourth-order valence-corrected chi connectivity index (χ4v) is 4.20. The summed E-state index contributed by atoms with van der Waals surface area (Å²) in [6, 6.07) is 4.33. The third-order valence-electron chi connectivity index (χ3n) is 6.15. The number of amides is 1. The Morgan fingerprint density at radius 1 is 1.33 bits per heavy atom. The van der Waals surface area contributed by atoms with Gasteiger partial charge >= 0.3 is 6.09 Å². The lowest BCUT2D eigenvalue weighted by atomic mass is 9.92. The molecule has 5 rings (SSSR count). The molecule has 0 radical (unpaired) electrons. The van der Waals surface area contributed by atoms with Gasteiger partial charge in [-0.15, -0.1) is 0 Å². The molecule has 3 aliphatic rings. The number of carbonyl (C=O) groups excluding carboxylic acids is 1. The van der Waals surface area contributed by atoms with Crippen molar-refractivity contribution >= 4 is 11.8 Å². The summed E-state index contributed by atoms with van der Waals surface area (Å²) in [5.41, 5.74) is 1.98. The van der Waals surface area contributed by atoms with Crippen molar-refractivity contribution in [1.29, 1.82) is 0 Å². The number of carbonyl (C=O) groups is 1. The summed E-state index contributed by atoms with van der Waals surface area (Å²) in [4.78, 5) is 14.1. The van der Waals surface area contributed by atoms with E-state index in [4.69, 9.17) is 14.2 Å². The summed E-state index contributed by atoms with van der Waals surface area (Å²) in [6.07, 6.45) is 7.24. The van der Waals surface area contributed by atoms with E-state index < -0.39 is 11.8 Å². The third kappa shape index (κ3) is 3.33. The van der Waals surface area contributed by atoms with Crippen molar-refractivity contribution in [2.75, 3.05) is 31.8 Å². The Balaban J connectivity index is 1.56. The summed E-state index contributed by atoms with van der Waals surface area (Å²) >= 11 is 0. The Hall–Kier alpha value is -2.61. The predicted molar refractivity (Wildman–Crippen MR) is 109 cm³/mol. The number of anilines is 1. The second-order valence-corrected chi connectivity index (χ2v) is 8.54.